The molecule has 2 atom stereocenters. The Kier molecular flexibility index (Phi) is 4.21. The van der Waals surface area contributed by atoms with Crippen molar-refractivity contribution in [2.24, 2.45) is 5.73 Å². The molecule has 2 aromatic rings. The number of pyridine rings is 1. The van der Waals surface area contributed by atoms with Gasteiger partial charge in [0.15, 0.2) is 6.29 Å². The van der Waals surface area contributed by atoms with Crippen molar-refractivity contribution >= 4 is 22.6 Å². The molecule has 1 saturated heterocycles. The first-order chi connectivity index (χ1) is 9.72. The summed E-state index contributed by atoms with van der Waals surface area (Å²) >= 11 is 6.12. The predicted molar refractivity (Wildman–Crippen MR) is 77.5 cm³/mol. The fourth-order valence-electron chi connectivity index (χ4n) is 2.44. The number of fused-ring (bicyclic) bond motifs is 1. The van der Waals surface area contributed by atoms with Crippen molar-refractivity contribution in [3.63, 3.8) is 0 Å². The van der Waals surface area contributed by atoms with Crippen molar-refractivity contribution < 1.29 is 9.47 Å². The molecule has 0 spiro atoms. The summed E-state index contributed by atoms with van der Waals surface area (Å²) in [6.45, 7) is 0.753. The molecule has 0 aliphatic carbocycles. The lowest BCUT2D eigenvalue weighted by Gasteiger charge is -2.25. The van der Waals surface area contributed by atoms with Crippen molar-refractivity contribution in [3.05, 3.63) is 29.0 Å². The third-order valence-corrected chi connectivity index (χ3v) is 3.75. The van der Waals surface area contributed by atoms with Crippen LogP contribution in [0.4, 0.5) is 0 Å². The van der Waals surface area contributed by atoms with E-state index < -0.39 is 6.23 Å². The molecule has 0 bridgehead atoms. The molecule has 5 nitrogen and oxygen atoms in total. The number of rotatable bonds is 4. The summed E-state index contributed by atoms with van der Waals surface area (Å²) in [4.78, 5) is 7.45. The maximum atomic E-state index is 6.12. The molecule has 6 heteroatoms. The summed E-state index contributed by atoms with van der Waals surface area (Å²) in [6, 6.07) is 3.74. The van der Waals surface area contributed by atoms with E-state index in [2.05, 4.69) is 9.97 Å². The van der Waals surface area contributed by atoms with Crippen molar-refractivity contribution in [3.8, 4) is 0 Å². The Morgan fingerprint density at radius 3 is 3.20 bits per heavy atom. The van der Waals surface area contributed by atoms with Crippen LogP contribution in [0.3, 0.4) is 0 Å². The Bertz CT molecular complexity index is 581. The van der Waals surface area contributed by atoms with Crippen molar-refractivity contribution in [2.45, 2.75) is 38.2 Å². The Morgan fingerprint density at radius 2 is 2.45 bits per heavy atom. The summed E-state index contributed by atoms with van der Waals surface area (Å²) < 4.78 is 11.2. The molecular formula is C14H18ClN3O2. The number of nitrogens with one attached hydrogen (secondary N) is 1. The average molecular weight is 296 g/mol. The van der Waals surface area contributed by atoms with Gasteiger partial charge in [-0.2, -0.15) is 0 Å². The van der Waals surface area contributed by atoms with Crippen molar-refractivity contribution in [1.29, 1.82) is 0 Å². The normalized spacial score (nSPS) is 21.2. The molecule has 0 radical (unpaired) electrons. The number of halogens is 1. The van der Waals surface area contributed by atoms with E-state index in [0.717, 1.165) is 42.6 Å². The van der Waals surface area contributed by atoms with Gasteiger partial charge in [-0.05, 0) is 31.4 Å². The van der Waals surface area contributed by atoms with Crippen molar-refractivity contribution in [2.75, 3.05) is 6.61 Å². The fraction of sp³-hybridized carbons (Fsp3) is 0.500. The van der Waals surface area contributed by atoms with E-state index in [0.29, 0.717) is 11.4 Å². The molecule has 1 aliphatic rings. The zero-order valence-electron chi connectivity index (χ0n) is 11.1. The summed E-state index contributed by atoms with van der Waals surface area (Å²) in [5.74, 6) is 0. The van der Waals surface area contributed by atoms with E-state index in [1.165, 1.54) is 0 Å². The van der Waals surface area contributed by atoms with Gasteiger partial charge in [0.25, 0.3) is 0 Å². The molecule has 3 N–H and O–H groups in total. The Labute approximate surface area is 122 Å². The second-order valence-corrected chi connectivity index (χ2v) is 5.43. The molecule has 0 saturated carbocycles. The highest BCUT2D eigenvalue weighted by Gasteiger charge is 2.18. The quantitative estimate of drug-likeness (QED) is 0.850. The first-order valence-electron chi connectivity index (χ1n) is 6.87. The SMILES string of the molecule is NC(Cc1cc2c(Cl)ccnc2[nH]1)OC1CCCCO1. The molecular weight excluding hydrogens is 278 g/mol. The monoisotopic (exact) mass is 295 g/mol. The maximum absolute atomic E-state index is 6.12. The van der Waals surface area contributed by atoms with Crippen molar-refractivity contribution in [1.82, 2.24) is 9.97 Å². The van der Waals surface area contributed by atoms with Crippen LogP contribution in [0, 0.1) is 0 Å². The van der Waals surface area contributed by atoms with Gasteiger partial charge in [-0.3, -0.25) is 0 Å². The molecule has 1 fully saturated rings. The van der Waals surface area contributed by atoms with Gasteiger partial charge in [0.05, 0.1) is 5.02 Å². The van der Waals surface area contributed by atoms with Gasteiger partial charge in [0.2, 0.25) is 0 Å². The summed E-state index contributed by atoms with van der Waals surface area (Å²) in [7, 11) is 0. The molecule has 2 aromatic heterocycles. The smallest absolute Gasteiger partial charge is 0.159 e. The number of H-pyrrole nitrogens is 1. The highest BCUT2D eigenvalue weighted by atomic mass is 35.5. The van der Waals surface area contributed by atoms with Gasteiger partial charge >= 0.3 is 0 Å². The minimum Gasteiger partial charge on any atom is -0.353 e. The van der Waals surface area contributed by atoms with Crippen LogP contribution in [-0.2, 0) is 15.9 Å². The van der Waals surface area contributed by atoms with Crippen LogP contribution in [0.25, 0.3) is 11.0 Å². The van der Waals surface area contributed by atoms with Crippen LogP contribution in [0.5, 0.6) is 0 Å². The number of hydrogen-bond donors (Lipinski definition) is 2. The Hall–Kier alpha value is -1.14. The van der Waals surface area contributed by atoms with E-state index in [-0.39, 0.29) is 6.29 Å². The number of hydrogen-bond acceptors (Lipinski definition) is 4. The molecule has 3 heterocycles. The topological polar surface area (TPSA) is 73.2 Å². The van der Waals surface area contributed by atoms with Crippen LogP contribution in [0.2, 0.25) is 5.02 Å². The first-order valence-corrected chi connectivity index (χ1v) is 7.25. The van der Waals surface area contributed by atoms with Gasteiger partial charge in [-0.15, -0.1) is 0 Å². The van der Waals surface area contributed by atoms with Crippen LogP contribution >= 0.6 is 11.6 Å². The molecule has 0 aromatic carbocycles. The lowest BCUT2D eigenvalue weighted by atomic mass is 10.2. The summed E-state index contributed by atoms with van der Waals surface area (Å²) in [5.41, 5.74) is 7.75. The average Bonchev–Trinajstić information content (AvgIpc) is 2.83. The number of aromatic nitrogens is 2. The molecule has 0 amide bonds. The zero-order valence-corrected chi connectivity index (χ0v) is 11.9. The maximum Gasteiger partial charge on any atom is 0.159 e. The zero-order chi connectivity index (χ0) is 13.9. The molecule has 3 rings (SSSR count). The van der Waals surface area contributed by atoms with Crippen LogP contribution in [-0.4, -0.2) is 29.1 Å². The Balaban J connectivity index is 1.64. The first kappa shape index (κ1) is 13.8. The van der Waals surface area contributed by atoms with E-state index in [1.54, 1.807) is 12.3 Å². The van der Waals surface area contributed by atoms with Crippen LogP contribution in [0.1, 0.15) is 25.0 Å². The van der Waals surface area contributed by atoms with E-state index in [9.17, 15) is 0 Å². The van der Waals surface area contributed by atoms with Gasteiger partial charge in [-0.25, -0.2) is 4.98 Å². The van der Waals surface area contributed by atoms with Gasteiger partial charge in [-0.1, -0.05) is 11.6 Å². The molecule has 20 heavy (non-hydrogen) atoms. The number of nitrogens with zero attached hydrogens (tertiary/aromatic N) is 1. The number of nitrogens with two attached hydrogens (primary N) is 1. The molecule has 2 unspecified atom stereocenters. The predicted octanol–water partition coefficient (Wildman–Crippen LogP) is 2.59. The lowest BCUT2D eigenvalue weighted by molar-refractivity contribution is -0.186. The fourth-order valence-corrected chi connectivity index (χ4v) is 2.64. The highest BCUT2D eigenvalue weighted by Crippen LogP contribution is 2.23. The van der Waals surface area contributed by atoms with Gasteiger partial charge < -0.3 is 20.2 Å². The van der Waals surface area contributed by atoms with Gasteiger partial charge in [0.1, 0.15) is 11.9 Å². The van der Waals surface area contributed by atoms with E-state index in [1.807, 2.05) is 6.07 Å². The third-order valence-electron chi connectivity index (χ3n) is 3.42. The third kappa shape index (κ3) is 3.12. The summed E-state index contributed by atoms with van der Waals surface area (Å²) in [5, 5.41) is 1.59. The second-order valence-electron chi connectivity index (χ2n) is 5.02. The summed E-state index contributed by atoms with van der Waals surface area (Å²) in [6.07, 6.45) is 4.82. The van der Waals surface area contributed by atoms with Gasteiger partial charge in [0, 0.05) is 30.3 Å². The van der Waals surface area contributed by atoms with Crippen LogP contribution in [0.15, 0.2) is 18.3 Å². The lowest BCUT2D eigenvalue weighted by Crippen LogP contribution is -2.34. The number of ether oxygens (including phenoxy) is 2. The molecule has 1 aliphatic heterocycles. The minimum atomic E-state index is -0.398. The largest absolute Gasteiger partial charge is 0.353 e. The van der Waals surface area contributed by atoms with Crippen LogP contribution < -0.4 is 5.73 Å². The number of aromatic amines is 1. The standard InChI is InChI=1S/C14H18ClN3O2/c15-11-4-5-17-14-10(11)7-9(18-14)8-12(16)20-13-3-1-2-6-19-13/h4-5,7,12-13H,1-3,6,8,16H2,(H,17,18). The Morgan fingerprint density at radius 1 is 1.55 bits per heavy atom. The second kappa shape index (κ2) is 6.10. The van der Waals surface area contributed by atoms with E-state index >= 15 is 0 Å². The van der Waals surface area contributed by atoms with E-state index in [4.69, 9.17) is 26.8 Å². The highest BCUT2D eigenvalue weighted by molar-refractivity contribution is 6.35. The minimum absolute atomic E-state index is 0.176. The molecule has 108 valence electrons.